The Morgan fingerprint density at radius 2 is 1.87 bits per heavy atom. The molecular weight excluding hydrogens is 316 g/mol. The third-order valence-electron chi connectivity index (χ3n) is 3.45. The smallest absolute Gasteiger partial charge is 0.288 e. The summed E-state index contributed by atoms with van der Waals surface area (Å²) in [4.78, 5) is 47.5. The molecule has 1 aromatic carbocycles. The molecule has 6 nitrogen and oxygen atoms in total. The molecule has 1 aliphatic rings. The zero-order valence-corrected chi connectivity index (χ0v) is 13.6. The summed E-state index contributed by atoms with van der Waals surface area (Å²) in [6, 6.07) is 7.21. The molecule has 0 bridgehead atoms. The van der Waals surface area contributed by atoms with Crippen molar-refractivity contribution < 1.29 is 19.2 Å². The van der Waals surface area contributed by atoms with Gasteiger partial charge in [-0.05, 0) is 6.92 Å². The van der Waals surface area contributed by atoms with Gasteiger partial charge in [0.25, 0.3) is 5.24 Å². The van der Waals surface area contributed by atoms with E-state index >= 15 is 0 Å². The summed E-state index contributed by atoms with van der Waals surface area (Å²) in [5, 5.41) is 2.34. The minimum Gasteiger partial charge on any atom is -0.354 e. The van der Waals surface area contributed by atoms with Crippen molar-refractivity contribution in [3.8, 4) is 0 Å². The number of hydrogen-bond acceptors (Lipinski definition) is 5. The highest BCUT2D eigenvalue weighted by atomic mass is 32.2. The lowest BCUT2D eigenvalue weighted by atomic mass is 10.1. The van der Waals surface area contributed by atoms with Crippen molar-refractivity contribution in [2.45, 2.75) is 19.8 Å². The predicted octanol–water partition coefficient (Wildman–Crippen LogP) is 1.77. The van der Waals surface area contributed by atoms with Crippen LogP contribution in [0, 0.1) is 6.92 Å². The van der Waals surface area contributed by atoms with Crippen LogP contribution in [0.4, 0.5) is 4.79 Å². The number of Topliss-reactive ketones (excluding diaryl/α,β-unsaturated/α-hetero) is 1. The summed E-state index contributed by atoms with van der Waals surface area (Å²) in [5.41, 5.74) is 1.66. The molecule has 7 heteroatoms. The second kappa shape index (κ2) is 7.92. The fraction of sp³-hybridized carbons (Fsp3) is 0.375. The van der Waals surface area contributed by atoms with E-state index in [1.54, 1.807) is 12.1 Å². The maximum atomic E-state index is 11.9. The van der Waals surface area contributed by atoms with E-state index in [1.807, 2.05) is 19.1 Å². The van der Waals surface area contributed by atoms with Crippen LogP contribution >= 0.6 is 11.8 Å². The van der Waals surface area contributed by atoms with Gasteiger partial charge in [0.2, 0.25) is 11.8 Å². The first-order chi connectivity index (χ1) is 11.0. The Morgan fingerprint density at radius 3 is 2.48 bits per heavy atom. The van der Waals surface area contributed by atoms with Gasteiger partial charge < -0.3 is 5.32 Å². The van der Waals surface area contributed by atoms with Crippen molar-refractivity contribution in [3.63, 3.8) is 0 Å². The molecule has 23 heavy (non-hydrogen) atoms. The van der Waals surface area contributed by atoms with Crippen LogP contribution in [0.25, 0.3) is 0 Å². The van der Waals surface area contributed by atoms with Crippen LogP contribution in [0.5, 0.6) is 0 Å². The molecular formula is C16H18N2O4S. The first-order valence-electron chi connectivity index (χ1n) is 7.31. The van der Waals surface area contributed by atoms with Crippen molar-refractivity contribution >= 4 is 34.6 Å². The number of hydrogen-bond donors (Lipinski definition) is 1. The molecule has 0 spiro atoms. The minimum atomic E-state index is -0.279. The maximum absolute atomic E-state index is 11.9. The van der Waals surface area contributed by atoms with Gasteiger partial charge in [0.15, 0.2) is 5.78 Å². The molecule has 3 amide bonds. The van der Waals surface area contributed by atoms with Crippen molar-refractivity contribution in [1.82, 2.24) is 10.2 Å². The second-order valence-corrected chi connectivity index (χ2v) is 6.17. The average molecular weight is 334 g/mol. The quantitative estimate of drug-likeness (QED) is 0.768. The third-order valence-corrected chi connectivity index (χ3v) is 4.31. The van der Waals surface area contributed by atoms with Gasteiger partial charge in [0, 0.05) is 31.5 Å². The fourth-order valence-electron chi connectivity index (χ4n) is 2.10. The number of nitrogens with zero attached hydrogens (tertiary/aromatic N) is 1. The van der Waals surface area contributed by atoms with Crippen LogP contribution in [0.2, 0.25) is 0 Å². The number of carbonyl (C=O) groups is 4. The number of ketones is 1. The second-order valence-electron chi connectivity index (χ2n) is 5.24. The topological polar surface area (TPSA) is 83.6 Å². The Bertz CT molecular complexity index is 611. The van der Waals surface area contributed by atoms with E-state index in [-0.39, 0.29) is 54.5 Å². The first kappa shape index (κ1) is 17.2. The summed E-state index contributed by atoms with van der Waals surface area (Å²) in [5.74, 6) is -0.417. The van der Waals surface area contributed by atoms with Crippen LogP contribution in [0.15, 0.2) is 24.3 Å². The standard InChI is InChI=1S/C16H18N2O4S/c1-11-2-4-12(5-3-11)13(19)6-7-14(20)17-8-9-18-15(21)10-23-16(18)22/h2-5H,6-10H2,1H3,(H,17,20). The first-order valence-corrected chi connectivity index (χ1v) is 8.29. The molecule has 0 aliphatic carbocycles. The van der Waals surface area contributed by atoms with Gasteiger partial charge in [0.1, 0.15) is 0 Å². The lowest BCUT2D eigenvalue weighted by Gasteiger charge is -2.13. The maximum Gasteiger partial charge on any atom is 0.288 e. The number of imide groups is 1. The predicted molar refractivity (Wildman–Crippen MR) is 87.3 cm³/mol. The zero-order chi connectivity index (χ0) is 16.8. The molecule has 122 valence electrons. The largest absolute Gasteiger partial charge is 0.354 e. The van der Waals surface area contributed by atoms with Crippen LogP contribution in [0.3, 0.4) is 0 Å². The Kier molecular flexibility index (Phi) is 5.92. The normalized spacial score (nSPS) is 14.2. The Morgan fingerprint density at radius 1 is 1.17 bits per heavy atom. The summed E-state index contributed by atoms with van der Waals surface area (Å²) in [7, 11) is 0. The summed E-state index contributed by atoms with van der Waals surface area (Å²) in [6.07, 6.45) is 0.218. The number of thioether (sulfide) groups is 1. The molecule has 1 fully saturated rings. The molecule has 1 saturated heterocycles. The molecule has 0 atom stereocenters. The number of aryl methyl sites for hydroxylation is 1. The number of nitrogens with one attached hydrogen (secondary N) is 1. The number of benzene rings is 1. The third kappa shape index (κ3) is 4.92. The molecule has 1 aromatic rings. The van der Waals surface area contributed by atoms with Gasteiger partial charge in [0.05, 0.1) is 5.75 Å². The van der Waals surface area contributed by atoms with E-state index in [0.29, 0.717) is 5.56 Å². The summed E-state index contributed by atoms with van der Waals surface area (Å²) < 4.78 is 0. The van der Waals surface area contributed by atoms with Crippen LogP contribution in [-0.4, -0.2) is 46.6 Å². The molecule has 2 rings (SSSR count). The van der Waals surface area contributed by atoms with Crippen molar-refractivity contribution in [2.75, 3.05) is 18.8 Å². The van der Waals surface area contributed by atoms with E-state index < -0.39 is 0 Å². The molecule has 1 N–H and O–H groups in total. The summed E-state index contributed by atoms with van der Waals surface area (Å²) in [6.45, 7) is 2.31. The lowest BCUT2D eigenvalue weighted by Crippen LogP contribution is -2.37. The van der Waals surface area contributed by atoms with E-state index in [2.05, 4.69) is 5.32 Å². The Hall–Kier alpha value is -2.15. The van der Waals surface area contributed by atoms with Crippen molar-refractivity contribution in [2.24, 2.45) is 0 Å². The minimum absolute atomic E-state index is 0.0820. The SMILES string of the molecule is Cc1ccc(C(=O)CCC(=O)NCCN2C(=O)CSC2=O)cc1. The van der Waals surface area contributed by atoms with Gasteiger partial charge in [-0.2, -0.15) is 0 Å². The molecule has 0 saturated carbocycles. The van der Waals surface area contributed by atoms with Gasteiger partial charge >= 0.3 is 0 Å². The number of carbonyl (C=O) groups excluding carboxylic acids is 4. The zero-order valence-electron chi connectivity index (χ0n) is 12.8. The molecule has 0 aromatic heterocycles. The van der Waals surface area contributed by atoms with Gasteiger partial charge in [-0.1, -0.05) is 41.6 Å². The highest BCUT2D eigenvalue weighted by molar-refractivity contribution is 8.14. The number of rotatable bonds is 7. The van der Waals surface area contributed by atoms with Gasteiger partial charge in [-0.3, -0.25) is 24.1 Å². The Labute approximate surface area is 138 Å². The highest BCUT2D eigenvalue weighted by Gasteiger charge is 2.29. The van der Waals surface area contributed by atoms with Crippen LogP contribution in [-0.2, 0) is 9.59 Å². The van der Waals surface area contributed by atoms with E-state index in [1.165, 1.54) is 0 Å². The highest BCUT2D eigenvalue weighted by Crippen LogP contribution is 2.17. The van der Waals surface area contributed by atoms with Crippen molar-refractivity contribution in [1.29, 1.82) is 0 Å². The van der Waals surface area contributed by atoms with E-state index in [9.17, 15) is 19.2 Å². The Balaban J connectivity index is 1.69. The van der Waals surface area contributed by atoms with E-state index in [4.69, 9.17) is 0 Å². The average Bonchev–Trinajstić information content (AvgIpc) is 2.85. The molecule has 1 heterocycles. The lowest BCUT2D eigenvalue weighted by molar-refractivity contribution is -0.125. The number of amides is 3. The monoisotopic (exact) mass is 334 g/mol. The molecule has 1 aliphatic heterocycles. The molecule has 0 radical (unpaired) electrons. The van der Waals surface area contributed by atoms with Crippen molar-refractivity contribution in [3.05, 3.63) is 35.4 Å². The summed E-state index contributed by atoms with van der Waals surface area (Å²) >= 11 is 0.965. The van der Waals surface area contributed by atoms with E-state index in [0.717, 1.165) is 22.2 Å². The van der Waals surface area contributed by atoms with Crippen LogP contribution < -0.4 is 5.32 Å². The fourth-order valence-corrected chi connectivity index (χ4v) is 2.86. The van der Waals surface area contributed by atoms with Gasteiger partial charge in [-0.25, -0.2) is 0 Å². The van der Waals surface area contributed by atoms with Gasteiger partial charge in [-0.15, -0.1) is 0 Å². The molecule has 0 unspecified atom stereocenters. The van der Waals surface area contributed by atoms with Crippen LogP contribution in [0.1, 0.15) is 28.8 Å².